The van der Waals surface area contributed by atoms with Crippen LogP contribution in [0.5, 0.6) is 0 Å². The van der Waals surface area contributed by atoms with Gasteiger partial charge in [0.25, 0.3) is 0 Å². The smallest absolute Gasteiger partial charge is 0.226 e. The minimum atomic E-state index is -0.121. The Bertz CT molecular complexity index is 427. The fourth-order valence-electron chi connectivity index (χ4n) is 1.39. The van der Waals surface area contributed by atoms with Gasteiger partial charge in [-0.3, -0.25) is 9.59 Å². The Balaban J connectivity index is 2.45. The summed E-state index contributed by atoms with van der Waals surface area (Å²) in [5.74, 6) is -0.217. The van der Waals surface area contributed by atoms with Gasteiger partial charge in [0.15, 0.2) is 0 Å². The second-order valence-corrected chi connectivity index (χ2v) is 4.08. The number of hydrogen-bond acceptors (Lipinski definition) is 2. The molecule has 4 heteroatoms. The highest BCUT2D eigenvalue weighted by molar-refractivity contribution is 5.91. The van der Waals surface area contributed by atoms with Crippen LogP contribution in [0.1, 0.15) is 24.5 Å². The first-order chi connectivity index (χ1) is 7.99. The third-order valence-corrected chi connectivity index (χ3v) is 2.52. The lowest BCUT2D eigenvalue weighted by molar-refractivity contribution is -0.119. The van der Waals surface area contributed by atoms with E-state index in [2.05, 4.69) is 10.6 Å². The van der Waals surface area contributed by atoms with Gasteiger partial charge in [-0.1, -0.05) is 6.07 Å². The van der Waals surface area contributed by atoms with Crippen LogP contribution >= 0.6 is 0 Å². The first kappa shape index (κ1) is 13.2. The summed E-state index contributed by atoms with van der Waals surface area (Å²) < 4.78 is 0. The molecule has 92 valence electrons. The van der Waals surface area contributed by atoms with Crippen molar-refractivity contribution in [3.63, 3.8) is 0 Å². The van der Waals surface area contributed by atoms with Gasteiger partial charge in [-0.05, 0) is 37.1 Å². The van der Waals surface area contributed by atoms with E-state index < -0.39 is 0 Å². The number of hydrogen-bond donors (Lipinski definition) is 2. The van der Waals surface area contributed by atoms with Crippen LogP contribution in [0.4, 0.5) is 5.69 Å². The largest absolute Gasteiger partial charge is 0.356 e. The van der Waals surface area contributed by atoms with E-state index in [9.17, 15) is 9.59 Å². The van der Waals surface area contributed by atoms with Crippen LogP contribution in [0, 0.1) is 13.8 Å². The maximum atomic E-state index is 11.5. The molecule has 2 amide bonds. The van der Waals surface area contributed by atoms with Crippen molar-refractivity contribution in [3.8, 4) is 0 Å². The average molecular weight is 234 g/mol. The Morgan fingerprint density at radius 2 is 1.88 bits per heavy atom. The second-order valence-electron chi connectivity index (χ2n) is 4.08. The molecule has 0 aliphatic rings. The summed E-state index contributed by atoms with van der Waals surface area (Å²) >= 11 is 0. The summed E-state index contributed by atoms with van der Waals surface area (Å²) in [6.45, 7) is 5.83. The van der Waals surface area contributed by atoms with E-state index in [4.69, 9.17) is 0 Å². The number of benzene rings is 1. The molecule has 4 nitrogen and oxygen atoms in total. The number of carbonyl (C=O) groups excluding carboxylic acids is 2. The van der Waals surface area contributed by atoms with E-state index in [-0.39, 0.29) is 18.2 Å². The third-order valence-electron chi connectivity index (χ3n) is 2.52. The van der Waals surface area contributed by atoms with Gasteiger partial charge in [-0.2, -0.15) is 0 Å². The molecule has 0 saturated heterocycles. The molecule has 0 heterocycles. The van der Waals surface area contributed by atoms with E-state index in [1.165, 1.54) is 12.5 Å². The highest BCUT2D eigenvalue weighted by atomic mass is 16.2. The summed E-state index contributed by atoms with van der Waals surface area (Å²) in [5.41, 5.74) is 3.13. The zero-order valence-corrected chi connectivity index (χ0v) is 10.5. The van der Waals surface area contributed by atoms with Crippen molar-refractivity contribution in [1.29, 1.82) is 0 Å². The van der Waals surface area contributed by atoms with Gasteiger partial charge in [-0.25, -0.2) is 0 Å². The molecule has 0 aliphatic carbocycles. The van der Waals surface area contributed by atoms with E-state index in [1.54, 1.807) is 0 Å². The Morgan fingerprint density at radius 3 is 2.47 bits per heavy atom. The van der Waals surface area contributed by atoms with Gasteiger partial charge in [0.05, 0.1) is 0 Å². The van der Waals surface area contributed by atoms with Crippen LogP contribution in [0.3, 0.4) is 0 Å². The molecule has 0 aromatic heterocycles. The van der Waals surface area contributed by atoms with Crippen molar-refractivity contribution in [1.82, 2.24) is 5.32 Å². The van der Waals surface area contributed by atoms with Gasteiger partial charge in [0, 0.05) is 25.6 Å². The third kappa shape index (κ3) is 4.68. The van der Waals surface area contributed by atoms with Crippen molar-refractivity contribution in [2.45, 2.75) is 27.2 Å². The Labute approximate surface area is 101 Å². The number of carbonyl (C=O) groups is 2. The van der Waals surface area contributed by atoms with Gasteiger partial charge in [-0.15, -0.1) is 0 Å². The molecule has 0 radical (unpaired) electrons. The molecular weight excluding hydrogens is 216 g/mol. The fourth-order valence-corrected chi connectivity index (χ4v) is 1.39. The molecule has 1 aromatic rings. The van der Waals surface area contributed by atoms with Gasteiger partial charge in [0.2, 0.25) is 11.8 Å². The normalized spacial score (nSPS) is 9.82. The summed E-state index contributed by atoms with van der Waals surface area (Å²) in [5, 5.41) is 5.38. The number of anilines is 1. The number of rotatable bonds is 4. The molecule has 0 saturated carbocycles. The molecule has 1 aromatic carbocycles. The topological polar surface area (TPSA) is 58.2 Å². The molecule has 0 bridgehead atoms. The first-order valence-electron chi connectivity index (χ1n) is 5.60. The Morgan fingerprint density at radius 1 is 1.18 bits per heavy atom. The number of aryl methyl sites for hydroxylation is 2. The fraction of sp³-hybridized carbons (Fsp3) is 0.385. The molecule has 0 aliphatic heterocycles. The predicted molar refractivity (Wildman–Crippen MR) is 67.8 cm³/mol. The second kappa shape index (κ2) is 6.03. The standard InChI is InChI=1S/C13H18N2O2/c1-9-4-5-12(8-10(9)2)15-13(17)6-7-14-11(3)16/h4-5,8H,6-7H2,1-3H3,(H,14,16)(H,15,17). The quantitative estimate of drug-likeness (QED) is 0.834. The monoisotopic (exact) mass is 234 g/mol. The van der Waals surface area contributed by atoms with E-state index in [1.807, 2.05) is 32.0 Å². The lowest BCUT2D eigenvalue weighted by Crippen LogP contribution is -2.25. The van der Waals surface area contributed by atoms with Crippen LogP contribution in [0.25, 0.3) is 0 Å². The molecule has 0 atom stereocenters. The molecule has 0 fully saturated rings. The van der Waals surface area contributed by atoms with Crippen molar-refractivity contribution in [3.05, 3.63) is 29.3 Å². The summed E-state index contributed by atoms with van der Waals surface area (Å²) in [7, 11) is 0. The molecule has 0 spiro atoms. The zero-order chi connectivity index (χ0) is 12.8. The maximum Gasteiger partial charge on any atom is 0.226 e. The van der Waals surface area contributed by atoms with Crippen LogP contribution in [-0.2, 0) is 9.59 Å². The van der Waals surface area contributed by atoms with E-state index in [0.29, 0.717) is 6.54 Å². The molecule has 2 N–H and O–H groups in total. The molecule has 17 heavy (non-hydrogen) atoms. The summed E-state index contributed by atoms with van der Waals surface area (Å²) in [6, 6.07) is 5.78. The summed E-state index contributed by atoms with van der Waals surface area (Å²) in [4.78, 5) is 22.2. The van der Waals surface area contributed by atoms with Crippen molar-refractivity contribution in [2.24, 2.45) is 0 Å². The maximum absolute atomic E-state index is 11.5. The number of nitrogens with one attached hydrogen (secondary N) is 2. The highest BCUT2D eigenvalue weighted by Crippen LogP contribution is 2.14. The Hall–Kier alpha value is -1.84. The molecule has 0 unspecified atom stereocenters. The van der Waals surface area contributed by atoms with Gasteiger partial charge >= 0.3 is 0 Å². The molecule has 1 rings (SSSR count). The van der Waals surface area contributed by atoms with Crippen molar-refractivity contribution in [2.75, 3.05) is 11.9 Å². The summed E-state index contributed by atoms with van der Waals surface area (Å²) in [6.07, 6.45) is 0.284. The van der Waals surface area contributed by atoms with E-state index >= 15 is 0 Å². The van der Waals surface area contributed by atoms with Crippen molar-refractivity contribution >= 4 is 17.5 Å². The number of amides is 2. The van der Waals surface area contributed by atoms with Gasteiger partial charge in [0.1, 0.15) is 0 Å². The SMILES string of the molecule is CC(=O)NCCC(=O)Nc1ccc(C)c(C)c1. The predicted octanol–water partition coefficient (Wildman–Crippen LogP) is 1.77. The lowest BCUT2D eigenvalue weighted by Gasteiger charge is -2.07. The lowest BCUT2D eigenvalue weighted by atomic mass is 10.1. The highest BCUT2D eigenvalue weighted by Gasteiger charge is 2.03. The minimum absolute atomic E-state index is 0.0954. The molecular formula is C13H18N2O2. The average Bonchev–Trinajstić information content (AvgIpc) is 2.23. The van der Waals surface area contributed by atoms with Crippen LogP contribution < -0.4 is 10.6 Å². The first-order valence-corrected chi connectivity index (χ1v) is 5.60. The van der Waals surface area contributed by atoms with Crippen LogP contribution in [-0.4, -0.2) is 18.4 Å². The Kier molecular flexibility index (Phi) is 4.69. The van der Waals surface area contributed by atoms with Crippen LogP contribution in [0.15, 0.2) is 18.2 Å². The van der Waals surface area contributed by atoms with Crippen molar-refractivity contribution < 1.29 is 9.59 Å². The minimum Gasteiger partial charge on any atom is -0.356 e. The van der Waals surface area contributed by atoms with Gasteiger partial charge < -0.3 is 10.6 Å². The zero-order valence-electron chi connectivity index (χ0n) is 10.5. The van der Waals surface area contributed by atoms with Crippen LogP contribution in [0.2, 0.25) is 0 Å². The van der Waals surface area contributed by atoms with E-state index in [0.717, 1.165) is 11.3 Å².